The second-order valence-corrected chi connectivity index (χ2v) is 14.3. The van der Waals surface area contributed by atoms with Gasteiger partial charge in [0.1, 0.15) is 11.5 Å². The number of nitriles is 1. The quantitative estimate of drug-likeness (QED) is 0.163. The van der Waals surface area contributed by atoms with Gasteiger partial charge >= 0.3 is 0 Å². The predicted octanol–water partition coefficient (Wildman–Crippen LogP) is 12.6. The van der Waals surface area contributed by atoms with Crippen molar-refractivity contribution in [1.82, 2.24) is 15.0 Å². The van der Waals surface area contributed by atoms with Crippen molar-refractivity contribution in [2.24, 2.45) is 0 Å². The van der Waals surface area contributed by atoms with E-state index in [1.165, 1.54) is 0 Å². The summed E-state index contributed by atoms with van der Waals surface area (Å²) in [4.78, 5) is 15.6. The third-order valence-electron chi connectivity index (χ3n) is 10.9. The van der Waals surface area contributed by atoms with E-state index in [0.29, 0.717) is 28.8 Å². The minimum atomic E-state index is -0.688. The monoisotopic (exact) mass is 742 g/mol. The number of hydrogen-bond donors (Lipinski definition) is 0. The first-order chi connectivity index (χ1) is 28.7. The fraction of sp³-hybridized carbons (Fsp3) is 0.0189. The number of rotatable bonds is 7. The van der Waals surface area contributed by atoms with E-state index in [1.807, 2.05) is 84.9 Å². The van der Waals surface area contributed by atoms with Crippen LogP contribution in [0.15, 0.2) is 206 Å². The molecule has 0 saturated heterocycles. The molecule has 58 heavy (non-hydrogen) atoms. The van der Waals surface area contributed by atoms with Crippen molar-refractivity contribution < 1.29 is 4.74 Å². The van der Waals surface area contributed by atoms with Crippen LogP contribution in [0.5, 0.6) is 11.5 Å². The summed E-state index contributed by atoms with van der Waals surface area (Å²) in [6.45, 7) is 0. The number of aromatic nitrogens is 3. The lowest BCUT2D eigenvalue weighted by molar-refractivity contribution is 0.436. The first-order valence-electron chi connectivity index (χ1n) is 19.2. The molecule has 1 aliphatic heterocycles. The van der Waals surface area contributed by atoms with Crippen LogP contribution in [0.3, 0.4) is 0 Å². The lowest BCUT2D eigenvalue weighted by Crippen LogP contribution is -2.34. The standard InChI is InChI=1S/C53H34N4O/c54-35-36-26-28-38(29-27-36)39-30-32-40(33-31-39)50-55-51(42-17-12-16-41(34-42)37-14-4-1-5-15-37)57-52(56-50)45-22-13-24-47-49(45)58-48-25-11-10-23-46(48)53(47,43-18-6-2-7-19-43)44-20-8-3-9-21-44/h1-34H. The average Bonchev–Trinajstić information content (AvgIpc) is 3.31. The van der Waals surface area contributed by atoms with Gasteiger partial charge in [0.25, 0.3) is 0 Å². The fourth-order valence-corrected chi connectivity index (χ4v) is 8.18. The van der Waals surface area contributed by atoms with Gasteiger partial charge in [-0.2, -0.15) is 5.26 Å². The Morgan fingerprint density at radius 1 is 0.397 bits per heavy atom. The third kappa shape index (κ3) is 6.01. The van der Waals surface area contributed by atoms with Gasteiger partial charge in [0.15, 0.2) is 17.5 Å². The van der Waals surface area contributed by atoms with Crippen molar-refractivity contribution in [1.29, 1.82) is 5.26 Å². The number of para-hydroxylation sites is 2. The van der Waals surface area contributed by atoms with E-state index in [4.69, 9.17) is 19.7 Å². The summed E-state index contributed by atoms with van der Waals surface area (Å²) in [5, 5.41) is 9.31. The molecule has 0 fully saturated rings. The Labute approximate surface area is 337 Å². The van der Waals surface area contributed by atoms with Crippen LogP contribution in [0.4, 0.5) is 0 Å². The summed E-state index contributed by atoms with van der Waals surface area (Å²) in [5.41, 5.74) is 11.0. The highest BCUT2D eigenvalue weighted by Gasteiger charge is 2.46. The van der Waals surface area contributed by atoms with E-state index >= 15 is 0 Å². The Kier molecular flexibility index (Phi) is 8.70. The molecule has 0 N–H and O–H groups in total. The van der Waals surface area contributed by atoms with Crippen LogP contribution in [0.1, 0.15) is 27.8 Å². The van der Waals surface area contributed by atoms with Crippen LogP contribution >= 0.6 is 0 Å². The van der Waals surface area contributed by atoms with E-state index in [2.05, 4.69) is 127 Å². The molecule has 272 valence electrons. The highest BCUT2D eigenvalue weighted by Crippen LogP contribution is 2.57. The van der Waals surface area contributed by atoms with Gasteiger partial charge in [-0.25, -0.2) is 15.0 Å². The highest BCUT2D eigenvalue weighted by atomic mass is 16.5. The smallest absolute Gasteiger partial charge is 0.167 e. The van der Waals surface area contributed by atoms with Crippen LogP contribution in [0.25, 0.3) is 56.4 Å². The molecule has 5 heteroatoms. The summed E-state index contributed by atoms with van der Waals surface area (Å²) < 4.78 is 6.99. The number of benzene rings is 8. The first kappa shape index (κ1) is 34.5. The first-order valence-corrected chi connectivity index (χ1v) is 19.2. The highest BCUT2D eigenvalue weighted by molar-refractivity contribution is 5.79. The second-order valence-electron chi connectivity index (χ2n) is 14.3. The van der Waals surface area contributed by atoms with Crippen LogP contribution < -0.4 is 4.74 Å². The van der Waals surface area contributed by atoms with Gasteiger partial charge in [-0.1, -0.05) is 176 Å². The molecule has 0 aliphatic carbocycles. The predicted molar refractivity (Wildman–Crippen MR) is 230 cm³/mol. The van der Waals surface area contributed by atoms with Gasteiger partial charge in [-0.3, -0.25) is 0 Å². The van der Waals surface area contributed by atoms with Gasteiger partial charge in [0.2, 0.25) is 0 Å². The molecule has 1 aliphatic rings. The van der Waals surface area contributed by atoms with E-state index in [1.54, 1.807) is 0 Å². The summed E-state index contributed by atoms with van der Waals surface area (Å²) in [6.07, 6.45) is 0. The molecular formula is C53H34N4O. The van der Waals surface area contributed by atoms with E-state index in [-0.39, 0.29) is 0 Å². The third-order valence-corrected chi connectivity index (χ3v) is 10.9. The van der Waals surface area contributed by atoms with Crippen molar-refractivity contribution in [2.45, 2.75) is 5.41 Å². The number of ether oxygens (including phenoxy) is 1. The zero-order valence-electron chi connectivity index (χ0n) is 31.3. The molecule has 5 nitrogen and oxygen atoms in total. The maximum atomic E-state index is 9.31. The molecule has 2 heterocycles. The van der Waals surface area contributed by atoms with Crippen LogP contribution in [0.2, 0.25) is 0 Å². The Balaban J connectivity index is 1.19. The summed E-state index contributed by atoms with van der Waals surface area (Å²) in [5.74, 6) is 3.08. The van der Waals surface area contributed by atoms with Crippen molar-refractivity contribution >= 4 is 0 Å². The lowest BCUT2D eigenvalue weighted by Gasteiger charge is -2.42. The number of hydrogen-bond acceptors (Lipinski definition) is 5. The summed E-state index contributed by atoms with van der Waals surface area (Å²) >= 11 is 0. The van der Waals surface area contributed by atoms with Crippen molar-refractivity contribution in [3.05, 3.63) is 234 Å². The molecular weight excluding hydrogens is 709 g/mol. The van der Waals surface area contributed by atoms with Gasteiger partial charge < -0.3 is 4.74 Å². The van der Waals surface area contributed by atoms with Gasteiger partial charge in [-0.05, 0) is 63.7 Å². The maximum absolute atomic E-state index is 9.31. The Hall–Kier alpha value is -7.94. The van der Waals surface area contributed by atoms with Gasteiger partial charge in [0, 0.05) is 22.3 Å². The molecule has 0 radical (unpaired) electrons. The van der Waals surface area contributed by atoms with Crippen molar-refractivity contribution in [3.63, 3.8) is 0 Å². The van der Waals surface area contributed by atoms with E-state index < -0.39 is 5.41 Å². The van der Waals surface area contributed by atoms with Crippen LogP contribution in [-0.4, -0.2) is 15.0 Å². The van der Waals surface area contributed by atoms with Gasteiger partial charge in [0.05, 0.1) is 22.6 Å². The van der Waals surface area contributed by atoms with Crippen LogP contribution in [-0.2, 0) is 5.41 Å². The molecule has 9 aromatic rings. The minimum Gasteiger partial charge on any atom is -0.456 e. The Morgan fingerprint density at radius 2 is 0.879 bits per heavy atom. The normalized spacial score (nSPS) is 12.4. The SMILES string of the molecule is N#Cc1ccc(-c2ccc(-c3nc(-c4cccc(-c5ccccc5)c4)nc(-c4cccc5c4Oc4ccccc4C5(c4ccccc4)c4ccccc4)n3)cc2)cc1. The van der Waals surface area contributed by atoms with Gasteiger partial charge in [-0.15, -0.1) is 0 Å². The minimum absolute atomic E-state index is 0.507. The maximum Gasteiger partial charge on any atom is 0.167 e. The van der Waals surface area contributed by atoms with Crippen molar-refractivity contribution in [2.75, 3.05) is 0 Å². The van der Waals surface area contributed by atoms with Crippen LogP contribution in [0, 0.1) is 11.3 Å². The molecule has 0 saturated carbocycles. The molecule has 10 rings (SSSR count). The Morgan fingerprint density at radius 3 is 1.55 bits per heavy atom. The lowest BCUT2D eigenvalue weighted by atomic mass is 9.63. The molecule has 0 atom stereocenters. The molecule has 0 unspecified atom stereocenters. The zero-order chi connectivity index (χ0) is 38.9. The van der Waals surface area contributed by atoms with Crippen molar-refractivity contribution in [3.8, 4) is 74.0 Å². The molecule has 0 bridgehead atoms. The zero-order valence-corrected chi connectivity index (χ0v) is 31.3. The van der Waals surface area contributed by atoms with E-state index in [0.717, 1.165) is 66.9 Å². The largest absolute Gasteiger partial charge is 0.456 e. The second kappa shape index (κ2) is 14.6. The topological polar surface area (TPSA) is 71.7 Å². The van der Waals surface area contributed by atoms with E-state index in [9.17, 15) is 5.26 Å². The molecule has 8 aromatic carbocycles. The number of fused-ring (bicyclic) bond motifs is 2. The Bertz CT molecular complexity index is 2920. The molecule has 1 aromatic heterocycles. The molecule has 0 amide bonds. The summed E-state index contributed by atoms with van der Waals surface area (Å²) in [6, 6.07) is 72.6. The number of nitrogens with zero attached hydrogens (tertiary/aromatic N) is 4. The summed E-state index contributed by atoms with van der Waals surface area (Å²) in [7, 11) is 0. The average molecular weight is 743 g/mol. The fourth-order valence-electron chi connectivity index (χ4n) is 8.18. The molecule has 0 spiro atoms.